The summed E-state index contributed by atoms with van der Waals surface area (Å²) in [6.45, 7) is 14.0. The van der Waals surface area contributed by atoms with Gasteiger partial charge in [0, 0.05) is 15.5 Å². The van der Waals surface area contributed by atoms with Gasteiger partial charge in [-0.05, 0) is 101 Å². The molecule has 0 spiro atoms. The highest BCUT2D eigenvalue weighted by Gasteiger charge is 2.16. The van der Waals surface area contributed by atoms with E-state index in [1.54, 1.807) is 0 Å². The summed E-state index contributed by atoms with van der Waals surface area (Å²) in [5.41, 5.74) is 5.81. The Bertz CT molecular complexity index is 879. The fourth-order valence-electron chi connectivity index (χ4n) is 2.78. The van der Waals surface area contributed by atoms with E-state index in [0.717, 1.165) is 42.3 Å². The van der Waals surface area contributed by atoms with Gasteiger partial charge in [0.05, 0.1) is 11.6 Å². The van der Waals surface area contributed by atoms with Gasteiger partial charge >= 0.3 is 6.09 Å². The molecule has 0 aromatic heterocycles. The van der Waals surface area contributed by atoms with Crippen LogP contribution in [-0.2, 0) is 11.3 Å². The van der Waals surface area contributed by atoms with E-state index < -0.39 is 5.60 Å². The summed E-state index contributed by atoms with van der Waals surface area (Å²) in [6, 6.07) is 10.2. The zero-order valence-electron chi connectivity index (χ0n) is 18.0. The van der Waals surface area contributed by atoms with Gasteiger partial charge in [0.2, 0.25) is 0 Å². The van der Waals surface area contributed by atoms with E-state index in [0.29, 0.717) is 6.54 Å². The van der Waals surface area contributed by atoms with Crippen molar-refractivity contribution in [1.82, 2.24) is 5.32 Å². The Labute approximate surface area is 190 Å². The summed E-state index contributed by atoms with van der Waals surface area (Å²) in [7, 11) is 0. The number of hydrogen-bond donors (Lipinski definition) is 1. The predicted molar refractivity (Wildman–Crippen MR) is 125 cm³/mol. The summed E-state index contributed by atoms with van der Waals surface area (Å²) in [6.07, 6.45) is -0.385. The number of alkyl carbamates (subject to hydrolysis) is 1. The maximum absolute atomic E-state index is 11.6. The summed E-state index contributed by atoms with van der Waals surface area (Å²) < 4.78 is 7.29. The highest BCUT2D eigenvalue weighted by Crippen LogP contribution is 2.21. The Balaban J connectivity index is 0.000000326. The van der Waals surface area contributed by atoms with Crippen molar-refractivity contribution < 1.29 is 9.53 Å². The number of nitrogens with zero attached hydrogens (tertiary/aromatic N) is 1. The lowest BCUT2D eigenvalue weighted by molar-refractivity contribution is 0.0523. The van der Waals surface area contributed by atoms with Crippen LogP contribution in [0.4, 0.5) is 4.79 Å². The van der Waals surface area contributed by atoms with Crippen molar-refractivity contribution >= 4 is 38.0 Å². The number of halogens is 2. The summed E-state index contributed by atoms with van der Waals surface area (Å²) >= 11 is 6.82. The fourth-order valence-corrected chi connectivity index (χ4v) is 4.15. The third kappa shape index (κ3) is 8.59. The molecule has 0 fully saturated rings. The molecule has 1 N–H and O–H groups in total. The van der Waals surface area contributed by atoms with Crippen LogP contribution in [0, 0.1) is 39.0 Å². The molecule has 0 bridgehead atoms. The zero-order chi connectivity index (χ0) is 22.4. The second kappa shape index (κ2) is 10.8. The molecule has 1 amide bonds. The van der Waals surface area contributed by atoms with Crippen LogP contribution in [0.25, 0.3) is 0 Å². The summed E-state index contributed by atoms with van der Waals surface area (Å²) in [5, 5.41) is 11.5. The Morgan fingerprint density at radius 3 is 1.76 bits per heavy atom. The minimum atomic E-state index is -0.464. The van der Waals surface area contributed by atoms with Crippen LogP contribution in [0.5, 0.6) is 0 Å². The average molecular weight is 524 g/mol. The molecule has 0 unspecified atom stereocenters. The van der Waals surface area contributed by atoms with Crippen LogP contribution in [0.15, 0.2) is 33.2 Å². The van der Waals surface area contributed by atoms with Crippen molar-refractivity contribution in [3.05, 3.63) is 66.6 Å². The fraction of sp³-hybridized carbons (Fsp3) is 0.391. The number of rotatable bonds is 2. The SMILES string of the molecule is Cc1cc(Br)cc(C)c1C#N.Cc1cc(Br)cc(C)c1CNC(=O)OC(C)(C)C. The van der Waals surface area contributed by atoms with E-state index in [9.17, 15) is 4.79 Å². The van der Waals surface area contributed by atoms with Crippen LogP contribution < -0.4 is 5.32 Å². The van der Waals surface area contributed by atoms with Gasteiger partial charge in [0.15, 0.2) is 0 Å². The standard InChI is InChI=1S/C14H20BrNO2.C9H8BrN/c1-9-6-11(15)7-10(2)12(9)8-16-13(17)18-14(3,4)5;1-6-3-8(10)4-7(2)9(6)5-11/h6-7H,8H2,1-5H3,(H,16,17);3-4H,1-2H3. The van der Waals surface area contributed by atoms with Gasteiger partial charge in [0.1, 0.15) is 5.60 Å². The van der Waals surface area contributed by atoms with E-state index in [1.165, 1.54) is 0 Å². The first-order valence-corrected chi connectivity index (χ1v) is 10.8. The van der Waals surface area contributed by atoms with Gasteiger partial charge in [-0.25, -0.2) is 4.79 Å². The molecule has 6 heteroatoms. The second-order valence-electron chi connectivity index (χ2n) is 7.90. The molecule has 0 atom stereocenters. The molecule has 156 valence electrons. The molecular formula is C23H28Br2N2O2. The quantitative estimate of drug-likeness (QED) is 0.459. The monoisotopic (exact) mass is 522 g/mol. The number of carbonyl (C=O) groups is 1. The second-order valence-corrected chi connectivity index (χ2v) is 9.73. The van der Waals surface area contributed by atoms with Gasteiger partial charge in [-0.3, -0.25) is 0 Å². The van der Waals surface area contributed by atoms with Crippen molar-refractivity contribution in [2.24, 2.45) is 0 Å². The molecule has 0 aliphatic heterocycles. The zero-order valence-corrected chi connectivity index (χ0v) is 21.2. The lowest BCUT2D eigenvalue weighted by Gasteiger charge is -2.20. The maximum Gasteiger partial charge on any atom is 0.407 e. The maximum atomic E-state index is 11.6. The van der Waals surface area contributed by atoms with Crippen LogP contribution in [0.1, 0.15) is 54.2 Å². The third-order valence-corrected chi connectivity index (χ3v) is 4.99. The number of nitriles is 1. The number of amides is 1. The Morgan fingerprint density at radius 1 is 0.966 bits per heavy atom. The molecule has 0 aliphatic carbocycles. The first-order valence-electron chi connectivity index (χ1n) is 9.23. The molecular weight excluding hydrogens is 496 g/mol. The molecule has 0 heterocycles. The van der Waals surface area contributed by atoms with E-state index in [-0.39, 0.29) is 6.09 Å². The molecule has 29 heavy (non-hydrogen) atoms. The van der Waals surface area contributed by atoms with Crippen LogP contribution >= 0.6 is 31.9 Å². The van der Waals surface area contributed by atoms with Crippen molar-refractivity contribution in [3.8, 4) is 6.07 Å². The summed E-state index contributed by atoms with van der Waals surface area (Å²) in [5.74, 6) is 0. The molecule has 0 saturated heterocycles. The summed E-state index contributed by atoms with van der Waals surface area (Å²) in [4.78, 5) is 11.6. The lowest BCUT2D eigenvalue weighted by Crippen LogP contribution is -2.32. The Hall–Kier alpha value is -1.84. The Kier molecular flexibility index (Phi) is 9.38. The average Bonchev–Trinajstić information content (AvgIpc) is 2.52. The minimum absolute atomic E-state index is 0.385. The molecule has 2 rings (SSSR count). The van der Waals surface area contributed by atoms with Gasteiger partial charge in [-0.1, -0.05) is 31.9 Å². The normalized spacial score (nSPS) is 10.5. The lowest BCUT2D eigenvalue weighted by atomic mass is 10.0. The first-order chi connectivity index (χ1) is 13.3. The van der Waals surface area contributed by atoms with Crippen molar-refractivity contribution in [2.45, 2.75) is 60.6 Å². The predicted octanol–water partition coefficient (Wildman–Crippen LogP) is 7.03. The molecule has 0 saturated carbocycles. The number of benzene rings is 2. The van der Waals surface area contributed by atoms with E-state index in [4.69, 9.17) is 10.00 Å². The van der Waals surface area contributed by atoms with Crippen molar-refractivity contribution in [3.63, 3.8) is 0 Å². The highest BCUT2D eigenvalue weighted by atomic mass is 79.9. The number of hydrogen-bond acceptors (Lipinski definition) is 3. The smallest absolute Gasteiger partial charge is 0.407 e. The third-order valence-electron chi connectivity index (χ3n) is 4.08. The number of carbonyl (C=O) groups excluding carboxylic acids is 1. The first kappa shape index (κ1) is 25.2. The molecule has 0 radical (unpaired) electrons. The molecule has 2 aromatic carbocycles. The number of aryl methyl sites for hydroxylation is 4. The van der Waals surface area contributed by atoms with E-state index in [2.05, 4.69) is 43.2 Å². The van der Waals surface area contributed by atoms with E-state index in [1.807, 2.05) is 72.7 Å². The topological polar surface area (TPSA) is 62.1 Å². The van der Waals surface area contributed by atoms with Gasteiger partial charge < -0.3 is 10.1 Å². The molecule has 2 aromatic rings. The van der Waals surface area contributed by atoms with Crippen molar-refractivity contribution in [2.75, 3.05) is 0 Å². The van der Waals surface area contributed by atoms with E-state index >= 15 is 0 Å². The Morgan fingerprint density at radius 2 is 1.38 bits per heavy atom. The number of ether oxygens (including phenoxy) is 1. The van der Waals surface area contributed by atoms with Gasteiger partial charge in [-0.2, -0.15) is 5.26 Å². The minimum Gasteiger partial charge on any atom is -0.444 e. The van der Waals surface area contributed by atoms with Crippen LogP contribution in [0.3, 0.4) is 0 Å². The highest BCUT2D eigenvalue weighted by molar-refractivity contribution is 9.10. The largest absolute Gasteiger partial charge is 0.444 e. The number of nitrogens with one attached hydrogen (secondary N) is 1. The van der Waals surface area contributed by atoms with Gasteiger partial charge in [0.25, 0.3) is 0 Å². The van der Waals surface area contributed by atoms with Gasteiger partial charge in [-0.15, -0.1) is 0 Å². The van der Waals surface area contributed by atoms with Crippen LogP contribution in [-0.4, -0.2) is 11.7 Å². The molecule has 4 nitrogen and oxygen atoms in total. The molecule has 0 aliphatic rings. The van der Waals surface area contributed by atoms with Crippen LogP contribution in [0.2, 0.25) is 0 Å². The van der Waals surface area contributed by atoms with Crippen molar-refractivity contribution in [1.29, 1.82) is 5.26 Å².